The van der Waals surface area contributed by atoms with E-state index in [9.17, 15) is 18.0 Å². The van der Waals surface area contributed by atoms with E-state index in [2.05, 4.69) is 9.71 Å². The Kier molecular flexibility index (Phi) is 5.24. The normalized spacial score (nSPS) is 18.4. The van der Waals surface area contributed by atoms with Crippen LogP contribution in [0, 0.1) is 0 Å². The minimum atomic E-state index is -3.42. The van der Waals surface area contributed by atoms with Crippen LogP contribution >= 0.6 is 11.8 Å². The zero-order chi connectivity index (χ0) is 18.9. The Hall–Kier alpha value is -2.07. The summed E-state index contributed by atoms with van der Waals surface area (Å²) in [6, 6.07) is 4.98. The number of nitrogens with zero attached hydrogens (tertiary/aromatic N) is 2. The van der Waals surface area contributed by atoms with E-state index in [0.717, 1.165) is 17.0 Å². The molecule has 10 heteroatoms. The number of thioether (sulfide) groups is 1. The molecule has 1 atom stereocenters. The fourth-order valence-electron chi connectivity index (χ4n) is 2.49. The van der Waals surface area contributed by atoms with Crippen molar-refractivity contribution in [1.29, 1.82) is 0 Å². The van der Waals surface area contributed by atoms with Crippen LogP contribution in [0.2, 0.25) is 0 Å². The summed E-state index contributed by atoms with van der Waals surface area (Å²) >= 11 is 1.20. The number of anilines is 1. The first kappa shape index (κ1) is 18.7. The molecule has 0 saturated heterocycles. The Morgan fingerprint density at radius 3 is 2.92 bits per heavy atom. The number of sulfonamides is 1. The Morgan fingerprint density at radius 2 is 2.19 bits per heavy atom. The molecule has 2 aliphatic rings. The highest BCUT2D eigenvalue weighted by Gasteiger charge is 2.33. The summed E-state index contributed by atoms with van der Waals surface area (Å²) in [4.78, 5) is 26.4. The molecule has 0 saturated carbocycles. The van der Waals surface area contributed by atoms with Crippen molar-refractivity contribution in [3.05, 3.63) is 23.8 Å². The summed E-state index contributed by atoms with van der Waals surface area (Å²) < 4.78 is 32.1. The number of amidine groups is 1. The van der Waals surface area contributed by atoms with Gasteiger partial charge in [0.15, 0.2) is 11.8 Å². The van der Waals surface area contributed by atoms with Gasteiger partial charge in [0.1, 0.15) is 0 Å². The topological polar surface area (TPSA) is 105 Å². The van der Waals surface area contributed by atoms with Crippen molar-refractivity contribution in [2.45, 2.75) is 31.2 Å². The number of carbonyl (C=O) groups excluding carboxylic acids is 2. The van der Waals surface area contributed by atoms with E-state index in [-0.39, 0.29) is 24.3 Å². The van der Waals surface area contributed by atoms with E-state index in [1.165, 1.54) is 11.8 Å². The van der Waals surface area contributed by atoms with Crippen LogP contribution in [0.3, 0.4) is 0 Å². The first-order valence-electron chi connectivity index (χ1n) is 8.17. The maximum Gasteiger partial charge on any atom is 0.338 e. The number of fused-ring (bicyclic) bond motifs is 3. The summed E-state index contributed by atoms with van der Waals surface area (Å²) in [7, 11) is -3.42. The van der Waals surface area contributed by atoms with Gasteiger partial charge in [-0.05, 0) is 43.3 Å². The fourth-order valence-corrected chi connectivity index (χ4v) is 4.79. The number of esters is 1. The van der Waals surface area contributed by atoms with Crippen molar-refractivity contribution in [3.8, 4) is 0 Å². The maximum atomic E-state index is 12.2. The van der Waals surface area contributed by atoms with E-state index in [1.807, 2.05) is 18.7 Å². The van der Waals surface area contributed by atoms with Crippen molar-refractivity contribution in [3.63, 3.8) is 0 Å². The number of ether oxygens (including phenoxy) is 1. The average Bonchev–Trinajstić information content (AvgIpc) is 2.94. The Bertz CT molecular complexity index is 882. The molecule has 1 N–H and O–H groups in total. The van der Waals surface area contributed by atoms with Gasteiger partial charge in [-0.15, -0.1) is 4.40 Å². The number of amides is 1. The second-order valence-corrected chi connectivity index (χ2v) is 8.81. The predicted molar refractivity (Wildman–Crippen MR) is 99.0 cm³/mol. The molecule has 0 unspecified atom stereocenters. The van der Waals surface area contributed by atoms with Gasteiger partial charge in [0.05, 0.1) is 17.0 Å². The number of hydrogen-bond donors (Lipinski definition) is 1. The van der Waals surface area contributed by atoms with Gasteiger partial charge in [0, 0.05) is 17.5 Å². The lowest BCUT2D eigenvalue weighted by Crippen LogP contribution is -2.35. The van der Waals surface area contributed by atoms with E-state index in [1.54, 1.807) is 18.2 Å². The van der Waals surface area contributed by atoms with Gasteiger partial charge in [0.2, 0.25) is 0 Å². The molecule has 2 heterocycles. The number of carbonyl (C=O) groups is 2. The molecule has 140 valence electrons. The van der Waals surface area contributed by atoms with Crippen LogP contribution in [0.1, 0.15) is 30.6 Å². The van der Waals surface area contributed by atoms with Crippen LogP contribution in [-0.4, -0.2) is 50.4 Å². The standard InChI is InChI=1S/C16H19N3O5S2/c1-3-10(2)17-14(20)9-24-15(21)11-4-5-12-13(8-11)25-16-18-26(22,23)7-6-19(12)16/h4-5,8,10H,3,6-7,9H2,1-2H3,(H,17,20)/t10-/m1/s1. The summed E-state index contributed by atoms with van der Waals surface area (Å²) in [5, 5.41) is 3.11. The molecule has 3 rings (SSSR count). The summed E-state index contributed by atoms with van der Waals surface area (Å²) in [5.74, 6) is -0.988. The summed E-state index contributed by atoms with van der Waals surface area (Å²) in [6.45, 7) is 3.81. The molecule has 1 aromatic carbocycles. The number of nitrogens with one attached hydrogen (secondary N) is 1. The van der Waals surface area contributed by atoms with Crippen molar-refractivity contribution >= 4 is 44.5 Å². The minimum absolute atomic E-state index is 0.0204. The number of rotatable bonds is 5. The van der Waals surface area contributed by atoms with Crippen molar-refractivity contribution in [1.82, 2.24) is 5.32 Å². The average molecular weight is 397 g/mol. The molecule has 0 fully saturated rings. The lowest BCUT2D eigenvalue weighted by atomic mass is 10.2. The van der Waals surface area contributed by atoms with Crippen LogP contribution in [0.15, 0.2) is 27.5 Å². The molecule has 8 nitrogen and oxygen atoms in total. The maximum absolute atomic E-state index is 12.2. The minimum Gasteiger partial charge on any atom is -0.452 e. The van der Waals surface area contributed by atoms with Crippen molar-refractivity contribution in [2.75, 3.05) is 23.8 Å². The van der Waals surface area contributed by atoms with Gasteiger partial charge in [-0.1, -0.05) is 6.92 Å². The summed E-state index contributed by atoms with van der Waals surface area (Å²) in [6.07, 6.45) is 0.790. The molecular weight excluding hydrogens is 378 g/mol. The highest BCUT2D eigenvalue weighted by atomic mass is 32.2. The van der Waals surface area contributed by atoms with Crippen molar-refractivity contribution in [2.24, 2.45) is 4.40 Å². The van der Waals surface area contributed by atoms with Crippen LogP contribution in [0.25, 0.3) is 0 Å². The van der Waals surface area contributed by atoms with Crippen LogP contribution in [0.4, 0.5) is 5.69 Å². The smallest absolute Gasteiger partial charge is 0.338 e. The molecule has 0 radical (unpaired) electrons. The SMILES string of the molecule is CC[C@@H](C)NC(=O)COC(=O)c1ccc2c(c1)SC1=NS(=O)(=O)CCN12. The van der Waals surface area contributed by atoms with Gasteiger partial charge < -0.3 is 15.0 Å². The molecule has 26 heavy (non-hydrogen) atoms. The number of benzene rings is 1. The third-order valence-electron chi connectivity index (χ3n) is 4.06. The first-order valence-corrected chi connectivity index (χ1v) is 10.6. The van der Waals surface area contributed by atoms with E-state index in [0.29, 0.717) is 17.3 Å². The highest BCUT2D eigenvalue weighted by molar-refractivity contribution is 8.15. The van der Waals surface area contributed by atoms with Gasteiger partial charge >= 0.3 is 5.97 Å². The van der Waals surface area contributed by atoms with Gasteiger partial charge in [0.25, 0.3) is 15.9 Å². The molecule has 1 amide bonds. The molecular formula is C16H19N3O5S2. The van der Waals surface area contributed by atoms with Crippen LogP contribution < -0.4 is 10.2 Å². The molecule has 0 bridgehead atoms. The number of hydrogen-bond acceptors (Lipinski definition) is 7. The van der Waals surface area contributed by atoms with E-state index in [4.69, 9.17) is 4.74 Å². The third kappa shape index (κ3) is 4.01. The second-order valence-electron chi connectivity index (χ2n) is 6.05. The Balaban J connectivity index is 1.68. The van der Waals surface area contributed by atoms with Gasteiger partial charge in [-0.2, -0.15) is 0 Å². The van der Waals surface area contributed by atoms with Gasteiger partial charge in [-0.3, -0.25) is 4.79 Å². The quantitative estimate of drug-likeness (QED) is 0.748. The first-order chi connectivity index (χ1) is 12.3. The lowest BCUT2D eigenvalue weighted by Gasteiger charge is -2.22. The zero-order valence-electron chi connectivity index (χ0n) is 14.4. The highest BCUT2D eigenvalue weighted by Crippen LogP contribution is 2.42. The molecule has 1 aromatic rings. The zero-order valence-corrected chi connectivity index (χ0v) is 16.0. The molecule has 0 aromatic heterocycles. The Morgan fingerprint density at radius 1 is 1.42 bits per heavy atom. The van der Waals surface area contributed by atoms with Crippen LogP contribution in [-0.2, 0) is 19.6 Å². The Labute approximate surface area is 156 Å². The molecule has 0 spiro atoms. The van der Waals surface area contributed by atoms with Crippen LogP contribution in [0.5, 0.6) is 0 Å². The monoisotopic (exact) mass is 397 g/mol. The fraction of sp³-hybridized carbons (Fsp3) is 0.438. The largest absolute Gasteiger partial charge is 0.452 e. The van der Waals surface area contributed by atoms with Gasteiger partial charge in [-0.25, -0.2) is 13.2 Å². The summed E-state index contributed by atoms with van der Waals surface area (Å²) in [5.41, 5.74) is 1.12. The molecule has 2 aliphatic heterocycles. The predicted octanol–water partition coefficient (Wildman–Crippen LogP) is 1.37. The third-order valence-corrected chi connectivity index (χ3v) is 6.37. The lowest BCUT2D eigenvalue weighted by molar-refractivity contribution is -0.124. The second kappa shape index (κ2) is 7.28. The van der Waals surface area contributed by atoms with E-state index >= 15 is 0 Å². The van der Waals surface area contributed by atoms with Crippen molar-refractivity contribution < 1.29 is 22.7 Å². The molecule has 0 aliphatic carbocycles. The van der Waals surface area contributed by atoms with E-state index < -0.39 is 16.0 Å².